The van der Waals surface area contributed by atoms with Crippen molar-refractivity contribution >= 4 is 11.6 Å². The van der Waals surface area contributed by atoms with Crippen molar-refractivity contribution in [1.82, 2.24) is 14.4 Å². The Labute approximate surface area is 184 Å². The van der Waals surface area contributed by atoms with Gasteiger partial charge < -0.3 is 18.6 Å². The normalized spacial score (nSPS) is 19.0. The average Bonchev–Trinajstić information content (AvgIpc) is 3.49. The highest BCUT2D eigenvalue weighted by molar-refractivity contribution is 5.91. The van der Waals surface area contributed by atoms with E-state index >= 15 is 0 Å². The first-order chi connectivity index (χ1) is 15.6. The number of carbonyl (C=O) groups excluding carboxylic acids is 1. The fourth-order valence-electron chi connectivity index (χ4n) is 4.46. The molecule has 1 amide bonds. The van der Waals surface area contributed by atoms with E-state index in [2.05, 4.69) is 21.7 Å². The molecule has 166 valence electrons. The molecule has 2 aliphatic rings. The number of non-ortho nitro benzene ring substituents is 1. The number of nitrogens with zero attached hydrogens (tertiary/aromatic N) is 4. The quantitative estimate of drug-likeness (QED) is 0.451. The predicted octanol–water partition coefficient (Wildman–Crippen LogP) is 3.07. The van der Waals surface area contributed by atoms with Crippen molar-refractivity contribution < 1.29 is 18.9 Å². The summed E-state index contributed by atoms with van der Waals surface area (Å²) in [6.07, 6.45) is 2.05. The van der Waals surface area contributed by atoms with Gasteiger partial charge in [-0.1, -0.05) is 12.1 Å². The second-order valence-electron chi connectivity index (χ2n) is 8.02. The summed E-state index contributed by atoms with van der Waals surface area (Å²) in [7, 11) is 0. The molecule has 0 saturated carbocycles. The molecule has 9 heteroatoms. The smallest absolute Gasteiger partial charge is 0.289 e. The number of aromatic nitrogens is 1. The first-order valence-electron chi connectivity index (χ1n) is 10.7. The molecule has 1 atom stereocenters. The number of nitro groups is 1. The number of hydrogen-bond donors (Lipinski definition) is 0. The lowest BCUT2D eigenvalue weighted by Gasteiger charge is -2.36. The molecule has 4 heterocycles. The standard InChI is InChI=1S/C23H24N4O5/c28-23(25-12-14-31-15-13-25)21-8-7-19(32-21)16-26-11-10-24-9-1-2-20(24)22(26)17-3-5-18(6-4-17)27(29)30/h1-9,22H,10-16H2/t22-/m0/s1. The van der Waals surface area contributed by atoms with Crippen LogP contribution in [0.4, 0.5) is 5.69 Å². The van der Waals surface area contributed by atoms with Gasteiger partial charge in [-0.25, -0.2) is 0 Å². The third-order valence-electron chi connectivity index (χ3n) is 6.09. The van der Waals surface area contributed by atoms with E-state index in [9.17, 15) is 14.9 Å². The lowest BCUT2D eigenvalue weighted by atomic mass is 9.99. The van der Waals surface area contributed by atoms with Gasteiger partial charge >= 0.3 is 0 Å². The van der Waals surface area contributed by atoms with Crippen LogP contribution in [0.3, 0.4) is 0 Å². The van der Waals surface area contributed by atoms with Gasteiger partial charge in [0.05, 0.1) is 30.7 Å². The van der Waals surface area contributed by atoms with E-state index in [4.69, 9.17) is 9.15 Å². The number of amides is 1. The monoisotopic (exact) mass is 436 g/mol. The summed E-state index contributed by atoms with van der Waals surface area (Å²) in [4.78, 5) is 27.4. The first-order valence-corrected chi connectivity index (χ1v) is 10.7. The highest BCUT2D eigenvalue weighted by Gasteiger charge is 2.30. The van der Waals surface area contributed by atoms with Crippen molar-refractivity contribution in [3.05, 3.63) is 87.6 Å². The molecular weight excluding hydrogens is 412 g/mol. The van der Waals surface area contributed by atoms with Gasteiger partial charge in [0, 0.05) is 50.2 Å². The van der Waals surface area contributed by atoms with Gasteiger partial charge in [0.2, 0.25) is 0 Å². The molecule has 0 unspecified atom stereocenters. The third kappa shape index (κ3) is 3.92. The maximum Gasteiger partial charge on any atom is 0.289 e. The van der Waals surface area contributed by atoms with Crippen LogP contribution in [0, 0.1) is 10.1 Å². The Kier molecular flexibility index (Phi) is 5.50. The molecule has 2 aliphatic heterocycles. The van der Waals surface area contributed by atoms with Crippen molar-refractivity contribution in [3.8, 4) is 0 Å². The molecule has 0 spiro atoms. The number of carbonyl (C=O) groups is 1. The van der Waals surface area contributed by atoms with Gasteiger partial charge in [-0.15, -0.1) is 0 Å². The topological polar surface area (TPSA) is 94.0 Å². The van der Waals surface area contributed by atoms with Crippen LogP contribution < -0.4 is 0 Å². The molecule has 2 aromatic heterocycles. The van der Waals surface area contributed by atoms with E-state index in [1.807, 2.05) is 24.3 Å². The molecule has 5 rings (SSSR count). The van der Waals surface area contributed by atoms with E-state index in [1.54, 1.807) is 23.1 Å². The molecule has 0 radical (unpaired) electrons. The van der Waals surface area contributed by atoms with Gasteiger partial charge in [0.25, 0.3) is 11.6 Å². The fourth-order valence-corrected chi connectivity index (χ4v) is 4.46. The number of fused-ring (bicyclic) bond motifs is 1. The van der Waals surface area contributed by atoms with Crippen LogP contribution in [0.15, 0.2) is 59.1 Å². The molecule has 0 N–H and O–H groups in total. The minimum Gasteiger partial charge on any atom is -0.455 e. The Morgan fingerprint density at radius 2 is 1.81 bits per heavy atom. The maximum absolute atomic E-state index is 12.7. The average molecular weight is 436 g/mol. The van der Waals surface area contributed by atoms with Gasteiger partial charge in [-0.3, -0.25) is 19.8 Å². The molecule has 0 aliphatic carbocycles. The van der Waals surface area contributed by atoms with Crippen LogP contribution in [0.5, 0.6) is 0 Å². The minimum absolute atomic E-state index is 0.0666. The summed E-state index contributed by atoms with van der Waals surface area (Å²) in [6, 6.07) is 14.3. The van der Waals surface area contributed by atoms with Crippen molar-refractivity contribution in [2.24, 2.45) is 0 Å². The van der Waals surface area contributed by atoms with Gasteiger partial charge in [-0.05, 0) is 29.8 Å². The molecule has 9 nitrogen and oxygen atoms in total. The first kappa shape index (κ1) is 20.5. The van der Waals surface area contributed by atoms with Crippen molar-refractivity contribution in [2.45, 2.75) is 19.1 Å². The van der Waals surface area contributed by atoms with E-state index in [-0.39, 0.29) is 22.6 Å². The summed E-state index contributed by atoms with van der Waals surface area (Å²) in [6.45, 7) is 4.39. The predicted molar refractivity (Wildman–Crippen MR) is 115 cm³/mol. The highest BCUT2D eigenvalue weighted by Crippen LogP contribution is 2.34. The van der Waals surface area contributed by atoms with Gasteiger partial charge in [0.15, 0.2) is 5.76 Å². The number of nitro benzene ring substituents is 1. The zero-order valence-corrected chi connectivity index (χ0v) is 17.6. The van der Waals surface area contributed by atoms with Gasteiger partial charge in [-0.2, -0.15) is 0 Å². The van der Waals surface area contributed by atoms with Crippen LogP contribution in [-0.2, 0) is 17.8 Å². The number of benzene rings is 1. The molecular formula is C23H24N4O5. The Hall–Kier alpha value is -3.43. The molecule has 1 saturated heterocycles. The Morgan fingerprint density at radius 3 is 2.56 bits per heavy atom. The lowest BCUT2D eigenvalue weighted by Crippen LogP contribution is -2.40. The Bertz CT molecular complexity index is 1110. The third-order valence-corrected chi connectivity index (χ3v) is 6.09. The van der Waals surface area contributed by atoms with Crippen molar-refractivity contribution in [3.63, 3.8) is 0 Å². The SMILES string of the molecule is O=C(c1ccc(CN2CCn3cccc3[C@@H]2c2ccc([N+](=O)[O-])cc2)o1)N1CCOCC1. The van der Waals surface area contributed by atoms with Crippen LogP contribution in [0.25, 0.3) is 0 Å². The largest absolute Gasteiger partial charge is 0.455 e. The van der Waals surface area contributed by atoms with E-state index in [0.29, 0.717) is 44.4 Å². The summed E-state index contributed by atoms with van der Waals surface area (Å²) in [5.74, 6) is 0.946. The zero-order chi connectivity index (χ0) is 22.1. The van der Waals surface area contributed by atoms with Crippen LogP contribution in [-0.4, -0.2) is 58.0 Å². The number of ether oxygens (including phenoxy) is 1. The molecule has 1 aromatic carbocycles. The Balaban J connectivity index is 1.38. The molecule has 32 heavy (non-hydrogen) atoms. The molecule has 1 fully saturated rings. The second-order valence-corrected chi connectivity index (χ2v) is 8.02. The van der Waals surface area contributed by atoms with E-state index < -0.39 is 0 Å². The van der Waals surface area contributed by atoms with Gasteiger partial charge in [0.1, 0.15) is 5.76 Å². The van der Waals surface area contributed by atoms with Crippen LogP contribution >= 0.6 is 0 Å². The van der Waals surface area contributed by atoms with Crippen molar-refractivity contribution in [2.75, 3.05) is 32.8 Å². The number of hydrogen-bond acceptors (Lipinski definition) is 6. The number of rotatable bonds is 5. The lowest BCUT2D eigenvalue weighted by molar-refractivity contribution is -0.384. The fraction of sp³-hybridized carbons (Fsp3) is 0.348. The maximum atomic E-state index is 12.7. The molecule has 3 aromatic rings. The number of morpholine rings is 1. The van der Waals surface area contributed by atoms with Crippen molar-refractivity contribution in [1.29, 1.82) is 0 Å². The highest BCUT2D eigenvalue weighted by atomic mass is 16.6. The van der Waals surface area contributed by atoms with E-state index in [1.165, 1.54) is 0 Å². The van der Waals surface area contributed by atoms with Crippen LogP contribution in [0.1, 0.15) is 33.6 Å². The Morgan fingerprint density at radius 1 is 1.03 bits per heavy atom. The zero-order valence-electron chi connectivity index (χ0n) is 17.6. The summed E-state index contributed by atoms with van der Waals surface area (Å²) >= 11 is 0. The summed E-state index contributed by atoms with van der Waals surface area (Å²) < 4.78 is 13.5. The van der Waals surface area contributed by atoms with E-state index in [0.717, 1.165) is 24.3 Å². The minimum atomic E-state index is -0.388. The van der Waals surface area contributed by atoms with Crippen LogP contribution in [0.2, 0.25) is 0 Å². The second kappa shape index (κ2) is 8.60. The number of furan rings is 1. The summed E-state index contributed by atoms with van der Waals surface area (Å²) in [5.41, 5.74) is 2.18. The summed E-state index contributed by atoms with van der Waals surface area (Å²) in [5, 5.41) is 11.1. The molecule has 0 bridgehead atoms.